The molecule has 1 aromatic carbocycles. The average Bonchev–Trinajstić information content (AvgIpc) is 2.52. The molecule has 0 saturated heterocycles. The summed E-state index contributed by atoms with van der Waals surface area (Å²) in [5.41, 5.74) is 0.190. The van der Waals surface area contributed by atoms with Gasteiger partial charge in [0.05, 0.1) is 0 Å². The van der Waals surface area contributed by atoms with Crippen LogP contribution in [-0.4, -0.2) is 11.9 Å². The molecule has 0 radical (unpaired) electrons. The Hall–Kier alpha value is -1.45. The molecule has 1 amide bonds. The monoisotopic (exact) mass is 323 g/mol. The number of rotatable bonds is 2. The van der Waals surface area contributed by atoms with E-state index in [4.69, 9.17) is 0 Å². The molecule has 0 bridgehead atoms. The van der Waals surface area contributed by atoms with Crippen LogP contribution in [-0.2, 0) is 0 Å². The third-order valence-corrected chi connectivity index (χ3v) is 4.62. The number of nitrogens with one attached hydrogen (secondary N) is 1. The maximum Gasteiger partial charge on any atom is 0.251 e. The Balaban J connectivity index is 1.90. The lowest BCUT2D eigenvalue weighted by Gasteiger charge is -2.19. The maximum absolute atomic E-state index is 13.3. The first kappa shape index (κ1) is 17.9. The van der Waals surface area contributed by atoms with E-state index in [1.54, 1.807) is 0 Å². The molecule has 0 unspecified atom stereocenters. The van der Waals surface area contributed by atoms with E-state index in [9.17, 15) is 13.6 Å². The second kappa shape index (κ2) is 9.64. The number of carbonyl (C=O) groups is 1. The average molecular weight is 323 g/mol. The summed E-state index contributed by atoms with van der Waals surface area (Å²) in [6.45, 7) is 0. The lowest BCUT2D eigenvalue weighted by atomic mass is 9.97. The molecule has 0 heterocycles. The Morgan fingerprint density at radius 2 is 1.35 bits per heavy atom. The van der Waals surface area contributed by atoms with Gasteiger partial charge in [-0.15, -0.1) is 0 Å². The van der Waals surface area contributed by atoms with Crippen LogP contribution < -0.4 is 5.32 Å². The van der Waals surface area contributed by atoms with Crippen LogP contribution >= 0.6 is 0 Å². The van der Waals surface area contributed by atoms with Gasteiger partial charge in [-0.1, -0.05) is 57.8 Å². The normalized spacial score (nSPS) is 18.7. The molecule has 0 atom stereocenters. The van der Waals surface area contributed by atoms with E-state index < -0.39 is 11.6 Å². The van der Waals surface area contributed by atoms with E-state index in [-0.39, 0.29) is 17.5 Å². The standard InChI is InChI=1S/C19H27F2NO/c20-17-13-12-15(14-18(17)21)19(23)22-16-10-8-6-4-2-1-3-5-7-9-11-16/h12-14,16H,1-11H2,(H,22,23). The zero-order valence-corrected chi connectivity index (χ0v) is 13.8. The third kappa shape index (κ3) is 6.28. The summed E-state index contributed by atoms with van der Waals surface area (Å²) in [5.74, 6) is -2.20. The SMILES string of the molecule is O=C(NC1CCCCCCCCCCC1)c1ccc(F)c(F)c1. The first-order chi connectivity index (χ1) is 11.2. The van der Waals surface area contributed by atoms with Crippen molar-refractivity contribution in [3.63, 3.8) is 0 Å². The van der Waals surface area contributed by atoms with Crippen molar-refractivity contribution in [3.05, 3.63) is 35.4 Å². The molecule has 23 heavy (non-hydrogen) atoms. The van der Waals surface area contributed by atoms with Crippen molar-refractivity contribution in [2.45, 2.75) is 76.7 Å². The van der Waals surface area contributed by atoms with Crippen molar-refractivity contribution in [2.75, 3.05) is 0 Å². The van der Waals surface area contributed by atoms with Gasteiger partial charge in [0.25, 0.3) is 5.91 Å². The Labute approximate surface area is 137 Å². The van der Waals surface area contributed by atoms with Crippen molar-refractivity contribution >= 4 is 5.91 Å². The van der Waals surface area contributed by atoms with Gasteiger partial charge in [-0.3, -0.25) is 4.79 Å². The van der Waals surface area contributed by atoms with E-state index in [0.717, 1.165) is 37.8 Å². The fourth-order valence-electron chi connectivity index (χ4n) is 3.21. The number of carbonyl (C=O) groups excluding carboxylic acids is 1. The number of benzene rings is 1. The summed E-state index contributed by atoms with van der Waals surface area (Å²) in [4.78, 5) is 12.3. The lowest BCUT2D eigenvalue weighted by molar-refractivity contribution is 0.0931. The molecule has 0 spiro atoms. The second-order valence-corrected chi connectivity index (χ2v) is 6.56. The molecule has 1 aliphatic rings. The van der Waals surface area contributed by atoms with Gasteiger partial charge < -0.3 is 5.32 Å². The molecular formula is C19H27F2NO. The van der Waals surface area contributed by atoms with Crippen molar-refractivity contribution < 1.29 is 13.6 Å². The second-order valence-electron chi connectivity index (χ2n) is 6.56. The van der Waals surface area contributed by atoms with Crippen molar-refractivity contribution in [1.29, 1.82) is 0 Å². The Morgan fingerprint density at radius 1 is 0.826 bits per heavy atom. The molecule has 1 saturated carbocycles. The smallest absolute Gasteiger partial charge is 0.251 e. The fraction of sp³-hybridized carbons (Fsp3) is 0.632. The molecule has 0 aromatic heterocycles. The van der Waals surface area contributed by atoms with E-state index in [1.807, 2.05) is 0 Å². The van der Waals surface area contributed by atoms with Gasteiger partial charge >= 0.3 is 0 Å². The highest BCUT2D eigenvalue weighted by Crippen LogP contribution is 2.17. The summed E-state index contributed by atoms with van der Waals surface area (Å²) in [7, 11) is 0. The highest BCUT2D eigenvalue weighted by atomic mass is 19.2. The van der Waals surface area contributed by atoms with Gasteiger partial charge in [-0.25, -0.2) is 8.78 Å². The van der Waals surface area contributed by atoms with E-state index in [0.29, 0.717) is 0 Å². The Bertz CT molecular complexity index is 492. The van der Waals surface area contributed by atoms with Crippen LogP contribution in [0.2, 0.25) is 0 Å². The van der Waals surface area contributed by atoms with Crippen LogP contribution in [0.15, 0.2) is 18.2 Å². The van der Waals surface area contributed by atoms with Gasteiger partial charge in [0.15, 0.2) is 11.6 Å². The quantitative estimate of drug-likeness (QED) is 0.779. The molecule has 1 N–H and O–H groups in total. The molecule has 0 aliphatic heterocycles. The van der Waals surface area contributed by atoms with E-state index in [2.05, 4.69) is 5.32 Å². The number of halogens is 2. The molecule has 1 aliphatic carbocycles. The third-order valence-electron chi connectivity index (χ3n) is 4.62. The van der Waals surface area contributed by atoms with Crippen LogP contribution in [0.5, 0.6) is 0 Å². The fourth-order valence-corrected chi connectivity index (χ4v) is 3.21. The van der Waals surface area contributed by atoms with Crippen molar-refractivity contribution in [2.24, 2.45) is 0 Å². The zero-order valence-electron chi connectivity index (χ0n) is 13.8. The van der Waals surface area contributed by atoms with Crippen LogP contribution in [0.25, 0.3) is 0 Å². The van der Waals surface area contributed by atoms with Crippen LogP contribution in [0.3, 0.4) is 0 Å². The molecule has 1 fully saturated rings. The highest BCUT2D eigenvalue weighted by Gasteiger charge is 2.15. The van der Waals surface area contributed by atoms with Gasteiger partial charge in [0.2, 0.25) is 0 Å². The van der Waals surface area contributed by atoms with Crippen molar-refractivity contribution in [3.8, 4) is 0 Å². The number of hydrogen-bond donors (Lipinski definition) is 1. The van der Waals surface area contributed by atoms with E-state index >= 15 is 0 Å². The summed E-state index contributed by atoms with van der Waals surface area (Å²) in [6, 6.07) is 3.45. The Kier molecular flexibility index (Phi) is 7.50. The molecule has 2 nitrogen and oxygen atoms in total. The van der Waals surface area contributed by atoms with Gasteiger partial charge in [0, 0.05) is 11.6 Å². The summed E-state index contributed by atoms with van der Waals surface area (Å²) in [5, 5.41) is 3.01. The van der Waals surface area contributed by atoms with Gasteiger partial charge in [-0.2, -0.15) is 0 Å². The number of hydrogen-bond acceptors (Lipinski definition) is 1. The number of amides is 1. The highest BCUT2D eigenvalue weighted by molar-refractivity contribution is 5.94. The van der Waals surface area contributed by atoms with Crippen LogP contribution in [0, 0.1) is 11.6 Å². The summed E-state index contributed by atoms with van der Waals surface area (Å²) >= 11 is 0. The minimum absolute atomic E-state index is 0.134. The van der Waals surface area contributed by atoms with E-state index in [1.165, 1.54) is 51.0 Å². The summed E-state index contributed by atoms with van der Waals surface area (Å²) < 4.78 is 26.2. The molecule has 2 rings (SSSR count). The zero-order chi connectivity index (χ0) is 16.5. The molecule has 128 valence electrons. The molecule has 4 heteroatoms. The van der Waals surface area contributed by atoms with Crippen LogP contribution in [0.4, 0.5) is 8.78 Å². The molecular weight excluding hydrogens is 296 g/mol. The first-order valence-corrected chi connectivity index (χ1v) is 8.93. The van der Waals surface area contributed by atoms with Crippen LogP contribution in [0.1, 0.15) is 81.0 Å². The predicted molar refractivity (Wildman–Crippen MR) is 88.4 cm³/mol. The topological polar surface area (TPSA) is 29.1 Å². The Morgan fingerprint density at radius 3 is 1.87 bits per heavy atom. The summed E-state index contributed by atoms with van der Waals surface area (Å²) in [6.07, 6.45) is 13.1. The minimum atomic E-state index is -0.976. The lowest BCUT2D eigenvalue weighted by Crippen LogP contribution is -2.35. The van der Waals surface area contributed by atoms with Gasteiger partial charge in [-0.05, 0) is 31.0 Å². The predicted octanol–water partition coefficient (Wildman–Crippen LogP) is 5.37. The molecule has 1 aromatic rings. The maximum atomic E-state index is 13.3. The largest absolute Gasteiger partial charge is 0.349 e. The minimum Gasteiger partial charge on any atom is -0.349 e. The van der Waals surface area contributed by atoms with Gasteiger partial charge in [0.1, 0.15) is 0 Å². The van der Waals surface area contributed by atoms with Crippen molar-refractivity contribution in [1.82, 2.24) is 5.32 Å². The first-order valence-electron chi connectivity index (χ1n) is 8.93.